The summed E-state index contributed by atoms with van der Waals surface area (Å²) in [6.07, 6.45) is 2.22. The van der Waals surface area contributed by atoms with Crippen LogP contribution < -0.4 is 0 Å². The molecule has 1 saturated heterocycles. The first-order chi connectivity index (χ1) is 7.24. The van der Waals surface area contributed by atoms with E-state index in [0.717, 1.165) is 31.8 Å². The third kappa shape index (κ3) is 4.89. The molecule has 1 aliphatic rings. The maximum atomic E-state index is 11.4. The smallest absolute Gasteiger partial charge is 0.309 e. The van der Waals surface area contributed by atoms with Gasteiger partial charge in [0.2, 0.25) is 0 Å². The highest BCUT2D eigenvalue weighted by molar-refractivity contribution is 7.99. The highest BCUT2D eigenvalue weighted by atomic mass is 32.2. The molecule has 0 spiro atoms. The molecule has 15 heavy (non-hydrogen) atoms. The van der Waals surface area contributed by atoms with E-state index in [2.05, 4.69) is 0 Å². The minimum absolute atomic E-state index is 0.0118. The number of rotatable bonds is 5. The second-order valence-corrected chi connectivity index (χ2v) is 5.13. The summed E-state index contributed by atoms with van der Waals surface area (Å²) < 4.78 is 10.3. The fourth-order valence-corrected chi connectivity index (χ4v) is 2.70. The number of ether oxygens (including phenoxy) is 2. The van der Waals surface area contributed by atoms with Gasteiger partial charge in [0, 0.05) is 24.2 Å². The van der Waals surface area contributed by atoms with Crippen LogP contribution in [0.25, 0.3) is 0 Å². The van der Waals surface area contributed by atoms with Crippen molar-refractivity contribution in [3.05, 3.63) is 0 Å². The highest BCUT2D eigenvalue weighted by Crippen LogP contribution is 2.24. The largest absolute Gasteiger partial charge is 0.466 e. The summed E-state index contributed by atoms with van der Waals surface area (Å²) in [4.78, 5) is 11.4. The second kappa shape index (κ2) is 7.12. The van der Waals surface area contributed by atoms with Crippen LogP contribution in [0.3, 0.4) is 0 Å². The lowest BCUT2D eigenvalue weighted by atomic mass is 10.2. The molecule has 1 unspecified atom stereocenters. The van der Waals surface area contributed by atoms with E-state index in [1.54, 1.807) is 0 Å². The Hall–Kier alpha value is -0.220. The van der Waals surface area contributed by atoms with Gasteiger partial charge in [0.1, 0.15) is 0 Å². The van der Waals surface area contributed by atoms with Gasteiger partial charge >= 0.3 is 5.97 Å². The number of carbonyl (C=O) groups excluding carboxylic acids is 1. The third-order valence-electron chi connectivity index (χ3n) is 2.44. The number of thioether (sulfide) groups is 1. The van der Waals surface area contributed by atoms with Crippen molar-refractivity contribution in [2.45, 2.75) is 31.9 Å². The average Bonchev–Trinajstić information content (AvgIpc) is 2.27. The number of hydrogen-bond acceptors (Lipinski definition) is 4. The summed E-state index contributed by atoms with van der Waals surface area (Å²) in [5.41, 5.74) is 0. The topological polar surface area (TPSA) is 35.5 Å². The number of esters is 1. The van der Waals surface area contributed by atoms with Crippen molar-refractivity contribution in [2.75, 3.05) is 25.6 Å². The van der Waals surface area contributed by atoms with Crippen LogP contribution in [-0.4, -0.2) is 36.8 Å². The van der Waals surface area contributed by atoms with Crippen LogP contribution in [0.4, 0.5) is 0 Å². The zero-order valence-electron chi connectivity index (χ0n) is 9.53. The van der Waals surface area contributed by atoms with Crippen LogP contribution in [0.2, 0.25) is 0 Å². The molecule has 0 aromatic carbocycles. The van der Waals surface area contributed by atoms with Gasteiger partial charge in [-0.25, -0.2) is 0 Å². The lowest BCUT2D eigenvalue weighted by Gasteiger charge is -2.22. The van der Waals surface area contributed by atoms with E-state index < -0.39 is 0 Å². The molecule has 1 aliphatic heterocycles. The molecule has 0 aromatic rings. The Kier molecular flexibility index (Phi) is 6.10. The van der Waals surface area contributed by atoms with Crippen molar-refractivity contribution >= 4 is 17.7 Å². The Morgan fingerprint density at radius 1 is 1.53 bits per heavy atom. The van der Waals surface area contributed by atoms with Gasteiger partial charge in [0.05, 0.1) is 12.5 Å². The van der Waals surface area contributed by atoms with E-state index in [1.807, 2.05) is 25.6 Å². The monoisotopic (exact) mass is 232 g/mol. The molecule has 1 rings (SSSR count). The fraction of sp³-hybridized carbons (Fsp3) is 0.909. The van der Waals surface area contributed by atoms with E-state index in [4.69, 9.17) is 9.47 Å². The Bertz CT molecular complexity index is 190. The van der Waals surface area contributed by atoms with E-state index in [-0.39, 0.29) is 11.9 Å². The predicted molar refractivity (Wildman–Crippen MR) is 62.1 cm³/mol. The summed E-state index contributed by atoms with van der Waals surface area (Å²) in [6, 6.07) is 0. The molecule has 88 valence electrons. The van der Waals surface area contributed by atoms with Crippen molar-refractivity contribution in [2.24, 2.45) is 5.92 Å². The van der Waals surface area contributed by atoms with Crippen molar-refractivity contribution in [1.82, 2.24) is 0 Å². The van der Waals surface area contributed by atoms with Gasteiger partial charge in [-0.1, -0.05) is 6.92 Å². The van der Waals surface area contributed by atoms with E-state index in [0.29, 0.717) is 11.9 Å². The van der Waals surface area contributed by atoms with Crippen LogP contribution in [0.5, 0.6) is 0 Å². The first kappa shape index (κ1) is 12.8. The standard InChI is InChI=1S/C11H20O3S/c1-3-14-11(12)9(2)8-15-10-4-6-13-7-5-10/h9-10H,3-8H2,1-2H3. The molecule has 0 aromatic heterocycles. The Labute approximate surface area is 95.9 Å². The molecule has 1 fully saturated rings. The average molecular weight is 232 g/mol. The summed E-state index contributed by atoms with van der Waals surface area (Å²) in [7, 11) is 0. The van der Waals surface area contributed by atoms with Crippen LogP contribution in [0.1, 0.15) is 26.7 Å². The van der Waals surface area contributed by atoms with Crippen molar-refractivity contribution in [3.8, 4) is 0 Å². The Balaban J connectivity index is 2.14. The molecule has 0 amide bonds. The summed E-state index contributed by atoms with van der Waals surface area (Å²) in [5, 5.41) is 0.663. The first-order valence-corrected chi connectivity index (χ1v) is 6.65. The molecular formula is C11H20O3S. The van der Waals surface area contributed by atoms with Gasteiger partial charge in [-0.15, -0.1) is 0 Å². The van der Waals surface area contributed by atoms with Gasteiger partial charge < -0.3 is 9.47 Å². The fourth-order valence-electron chi connectivity index (χ4n) is 1.48. The minimum Gasteiger partial charge on any atom is -0.466 e. The molecule has 0 bridgehead atoms. The molecule has 0 saturated carbocycles. The molecule has 4 heteroatoms. The highest BCUT2D eigenvalue weighted by Gasteiger charge is 2.19. The van der Waals surface area contributed by atoms with Gasteiger partial charge in [-0.3, -0.25) is 4.79 Å². The molecule has 0 radical (unpaired) electrons. The van der Waals surface area contributed by atoms with Gasteiger partial charge in [-0.2, -0.15) is 11.8 Å². The lowest BCUT2D eigenvalue weighted by Crippen LogP contribution is -2.21. The minimum atomic E-state index is -0.0722. The van der Waals surface area contributed by atoms with E-state index >= 15 is 0 Å². The number of hydrogen-bond donors (Lipinski definition) is 0. The Morgan fingerprint density at radius 3 is 2.80 bits per heavy atom. The van der Waals surface area contributed by atoms with Crippen molar-refractivity contribution < 1.29 is 14.3 Å². The van der Waals surface area contributed by atoms with Crippen LogP contribution >= 0.6 is 11.8 Å². The maximum absolute atomic E-state index is 11.4. The van der Waals surface area contributed by atoms with Crippen LogP contribution in [-0.2, 0) is 14.3 Å². The molecular weight excluding hydrogens is 212 g/mol. The van der Waals surface area contributed by atoms with Crippen molar-refractivity contribution in [1.29, 1.82) is 0 Å². The van der Waals surface area contributed by atoms with Crippen LogP contribution in [0.15, 0.2) is 0 Å². The van der Waals surface area contributed by atoms with Gasteiger partial charge in [0.25, 0.3) is 0 Å². The molecule has 0 N–H and O–H groups in total. The Morgan fingerprint density at radius 2 is 2.20 bits per heavy atom. The zero-order chi connectivity index (χ0) is 11.1. The van der Waals surface area contributed by atoms with E-state index in [9.17, 15) is 4.79 Å². The lowest BCUT2D eigenvalue weighted by molar-refractivity contribution is -0.146. The maximum Gasteiger partial charge on any atom is 0.309 e. The summed E-state index contributed by atoms with van der Waals surface area (Å²) in [5.74, 6) is 0.804. The molecule has 1 atom stereocenters. The SMILES string of the molecule is CCOC(=O)C(C)CSC1CCOCC1. The summed E-state index contributed by atoms with van der Waals surface area (Å²) >= 11 is 1.88. The third-order valence-corrected chi connectivity index (χ3v) is 4.07. The summed E-state index contributed by atoms with van der Waals surface area (Å²) in [6.45, 7) is 5.99. The van der Waals surface area contributed by atoms with E-state index in [1.165, 1.54) is 0 Å². The second-order valence-electron chi connectivity index (χ2n) is 3.80. The molecule has 1 heterocycles. The quantitative estimate of drug-likeness (QED) is 0.680. The van der Waals surface area contributed by atoms with Crippen LogP contribution in [0, 0.1) is 5.92 Å². The predicted octanol–water partition coefficient (Wildman–Crippen LogP) is 2.10. The molecule has 0 aliphatic carbocycles. The first-order valence-electron chi connectivity index (χ1n) is 5.60. The zero-order valence-corrected chi connectivity index (χ0v) is 10.3. The number of carbonyl (C=O) groups is 1. The normalized spacial score (nSPS) is 19.9. The van der Waals surface area contributed by atoms with Gasteiger partial charge in [-0.05, 0) is 19.8 Å². The van der Waals surface area contributed by atoms with Gasteiger partial charge in [0.15, 0.2) is 0 Å². The molecule has 3 nitrogen and oxygen atoms in total. The van der Waals surface area contributed by atoms with Crippen molar-refractivity contribution in [3.63, 3.8) is 0 Å².